The molecule has 1 aromatic rings. The smallest absolute Gasteiger partial charge is 0.156 e. The molecule has 0 aliphatic rings. The van der Waals surface area contributed by atoms with E-state index in [9.17, 15) is 0 Å². The average molecular weight is 333 g/mol. The minimum atomic E-state index is 0.0537. The summed E-state index contributed by atoms with van der Waals surface area (Å²) in [6.45, 7) is 13.2. The monoisotopic (exact) mass is 332 g/mol. The molecule has 5 heteroatoms. The first-order chi connectivity index (χ1) is 9.97. The maximum Gasteiger partial charge on any atom is 0.156 e. The standard InChI is InChI=1S/C16H26Cl2N2O/c1-5-20(6-2)8-7-19-11-13-9-14(17)16(15(18)10-13)21-12(3)4/h9-10,12,19H,5-8,11H2,1-4H3. The van der Waals surface area contributed by atoms with Gasteiger partial charge in [0.1, 0.15) is 0 Å². The number of likely N-dealkylation sites (N-methyl/N-ethyl adjacent to an activating group) is 1. The maximum absolute atomic E-state index is 6.24. The molecule has 0 saturated heterocycles. The number of hydrogen-bond acceptors (Lipinski definition) is 3. The largest absolute Gasteiger partial charge is 0.488 e. The predicted molar refractivity (Wildman–Crippen MR) is 91.7 cm³/mol. The SMILES string of the molecule is CCN(CC)CCNCc1cc(Cl)c(OC(C)C)c(Cl)c1. The van der Waals surface area contributed by atoms with Crippen molar-refractivity contribution in [2.75, 3.05) is 26.2 Å². The summed E-state index contributed by atoms with van der Waals surface area (Å²) in [4.78, 5) is 2.38. The molecule has 0 heterocycles. The Hall–Kier alpha value is -0.480. The van der Waals surface area contributed by atoms with Crippen molar-refractivity contribution in [3.8, 4) is 5.75 Å². The fraction of sp³-hybridized carbons (Fsp3) is 0.625. The zero-order valence-corrected chi connectivity index (χ0v) is 14.9. The molecule has 0 spiro atoms. The fourth-order valence-corrected chi connectivity index (χ4v) is 2.69. The van der Waals surface area contributed by atoms with Crippen LogP contribution < -0.4 is 10.1 Å². The summed E-state index contributed by atoms with van der Waals surface area (Å²) in [5.41, 5.74) is 1.07. The van der Waals surface area contributed by atoms with Gasteiger partial charge in [-0.1, -0.05) is 37.0 Å². The minimum Gasteiger partial charge on any atom is -0.488 e. The molecule has 0 aliphatic carbocycles. The molecule has 0 aromatic heterocycles. The Labute approximate surface area is 138 Å². The van der Waals surface area contributed by atoms with E-state index < -0.39 is 0 Å². The molecule has 0 bridgehead atoms. The number of halogens is 2. The van der Waals surface area contributed by atoms with Gasteiger partial charge in [-0.3, -0.25) is 0 Å². The quantitative estimate of drug-likeness (QED) is 0.685. The molecule has 0 aliphatic heterocycles. The third-order valence-electron chi connectivity index (χ3n) is 3.24. The normalized spacial score (nSPS) is 11.4. The molecule has 0 saturated carbocycles. The van der Waals surface area contributed by atoms with Crippen LogP contribution in [0.25, 0.3) is 0 Å². The second-order valence-corrected chi connectivity index (χ2v) is 6.07. The molecule has 21 heavy (non-hydrogen) atoms. The number of benzene rings is 1. The average Bonchev–Trinajstić information content (AvgIpc) is 2.43. The van der Waals surface area contributed by atoms with Gasteiger partial charge in [0.2, 0.25) is 0 Å². The van der Waals surface area contributed by atoms with Gasteiger partial charge in [0, 0.05) is 19.6 Å². The van der Waals surface area contributed by atoms with Crippen molar-refractivity contribution in [2.24, 2.45) is 0 Å². The van der Waals surface area contributed by atoms with E-state index >= 15 is 0 Å². The van der Waals surface area contributed by atoms with Crippen LogP contribution in [0.5, 0.6) is 5.75 Å². The predicted octanol–water partition coefficient (Wildman–Crippen LogP) is 4.21. The van der Waals surface area contributed by atoms with E-state index in [1.807, 2.05) is 26.0 Å². The van der Waals surface area contributed by atoms with Crippen molar-refractivity contribution in [2.45, 2.75) is 40.3 Å². The van der Waals surface area contributed by atoms with Gasteiger partial charge in [0.05, 0.1) is 16.1 Å². The second-order valence-electron chi connectivity index (χ2n) is 5.26. The van der Waals surface area contributed by atoms with Crippen LogP contribution in [0.2, 0.25) is 10.0 Å². The van der Waals surface area contributed by atoms with Crippen molar-refractivity contribution >= 4 is 23.2 Å². The van der Waals surface area contributed by atoms with Crippen molar-refractivity contribution in [1.82, 2.24) is 10.2 Å². The Morgan fingerprint density at radius 2 is 1.71 bits per heavy atom. The Morgan fingerprint density at radius 3 is 2.19 bits per heavy atom. The molecular weight excluding hydrogens is 307 g/mol. The fourth-order valence-electron chi connectivity index (χ4n) is 2.07. The first kappa shape index (κ1) is 18.6. The molecule has 0 fully saturated rings. The maximum atomic E-state index is 6.24. The molecule has 3 nitrogen and oxygen atoms in total. The van der Waals surface area contributed by atoms with Crippen LogP contribution in [-0.4, -0.2) is 37.2 Å². The van der Waals surface area contributed by atoms with Crippen molar-refractivity contribution in [1.29, 1.82) is 0 Å². The third-order valence-corrected chi connectivity index (χ3v) is 3.80. The van der Waals surface area contributed by atoms with Gasteiger partial charge in [-0.05, 0) is 44.6 Å². The summed E-state index contributed by atoms with van der Waals surface area (Å²) in [6.07, 6.45) is 0.0537. The van der Waals surface area contributed by atoms with Crippen molar-refractivity contribution in [3.05, 3.63) is 27.7 Å². The number of nitrogens with zero attached hydrogens (tertiary/aromatic N) is 1. The molecule has 1 rings (SSSR count). The molecule has 1 N–H and O–H groups in total. The van der Waals surface area contributed by atoms with Crippen LogP contribution in [0.3, 0.4) is 0 Å². The van der Waals surface area contributed by atoms with Gasteiger partial charge < -0.3 is 15.0 Å². The van der Waals surface area contributed by atoms with Crippen LogP contribution in [-0.2, 0) is 6.54 Å². The molecule has 120 valence electrons. The highest BCUT2D eigenvalue weighted by Crippen LogP contribution is 2.34. The van der Waals surface area contributed by atoms with Gasteiger partial charge in [0.25, 0.3) is 0 Å². The lowest BCUT2D eigenvalue weighted by molar-refractivity contribution is 0.242. The lowest BCUT2D eigenvalue weighted by atomic mass is 10.2. The first-order valence-electron chi connectivity index (χ1n) is 7.55. The second kappa shape index (κ2) is 9.52. The van der Waals surface area contributed by atoms with E-state index in [0.717, 1.165) is 38.3 Å². The van der Waals surface area contributed by atoms with Gasteiger partial charge in [0.15, 0.2) is 5.75 Å². The number of rotatable bonds is 9. The van der Waals surface area contributed by atoms with Gasteiger partial charge in [-0.25, -0.2) is 0 Å². The summed E-state index contributed by atoms with van der Waals surface area (Å²) >= 11 is 12.5. The molecule has 0 atom stereocenters. The van der Waals surface area contributed by atoms with E-state index in [2.05, 4.69) is 24.1 Å². The topological polar surface area (TPSA) is 24.5 Å². The minimum absolute atomic E-state index is 0.0537. The Morgan fingerprint density at radius 1 is 1.14 bits per heavy atom. The van der Waals surface area contributed by atoms with E-state index in [-0.39, 0.29) is 6.10 Å². The Balaban J connectivity index is 2.53. The summed E-state index contributed by atoms with van der Waals surface area (Å²) in [5.74, 6) is 0.570. The third kappa shape index (κ3) is 6.43. The molecule has 1 aromatic carbocycles. The van der Waals surface area contributed by atoms with Gasteiger partial charge in [-0.15, -0.1) is 0 Å². The van der Waals surface area contributed by atoms with E-state index in [4.69, 9.17) is 27.9 Å². The van der Waals surface area contributed by atoms with Crippen LogP contribution >= 0.6 is 23.2 Å². The van der Waals surface area contributed by atoms with Crippen LogP contribution in [0.4, 0.5) is 0 Å². The molecular formula is C16H26Cl2N2O. The van der Waals surface area contributed by atoms with Crippen LogP contribution in [0.1, 0.15) is 33.3 Å². The molecule has 0 amide bonds. The number of nitrogens with one attached hydrogen (secondary N) is 1. The number of ether oxygens (including phenoxy) is 1. The Kier molecular flexibility index (Phi) is 8.42. The summed E-state index contributed by atoms with van der Waals surface area (Å²) < 4.78 is 5.63. The van der Waals surface area contributed by atoms with E-state index in [1.54, 1.807) is 0 Å². The molecule has 0 radical (unpaired) electrons. The number of hydrogen-bond donors (Lipinski definition) is 1. The molecule has 0 unspecified atom stereocenters. The Bertz CT molecular complexity index is 411. The lowest BCUT2D eigenvalue weighted by Crippen LogP contribution is -2.31. The zero-order valence-electron chi connectivity index (χ0n) is 13.4. The summed E-state index contributed by atoms with van der Waals surface area (Å²) in [6, 6.07) is 3.82. The van der Waals surface area contributed by atoms with Crippen molar-refractivity contribution < 1.29 is 4.74 Å². The first-order valence-corrected chi connectivity index (χ1v) is 8.31. The van der Waals surface area contributed by atoms with E-state index in [1.165, 1.54) is 0 Å². The lowest BCUT2D eigenvalue weighted by Gasteiger charge is -2.18. The zero-order chi connectivity index (χ0) is 15.8. The highest BCUT2D eigenvalue weighted by molar-refractivity contribution is 6.37. The van der Waals surface area contributed by atoms with Crippen molar-refractivity contribution in [3.63, 3.8) is 0 Å². The highest BCUT2D eigenvalue weighted by Gasteiger charge is 2.11. The van der Waals surface area contributed by atoms with E-state index in [0.29, 0.717) is 15.8 Å². The summed E-state index contributed by atoms with van der Waals surface area (Å²) in [7, 11) is 0. The van der Waals surface area contributed by atoms with Gasteiger partial charge >= 0.3 is 0 Å². The highest BCUT2D eigenvalue weighted by atomic mass is 35.5. The van der Waals surface area contributed by atoms with Crippen LogP contribution in [0.15, 0.2) is 12.1 Å². The summed E-state index contributed by atoms with van der Waals surface area (Å²) in [5, 5.41) is 4.55. The van der Waals surface area contributed by atoms with Crippen LogP contribution in [0, 0.1) is 0 Å². The van der Waals surface area contributed by atoms with Gasteiger partial charge in [-0.2, -0.15) is 0 Å².